The van der Waals surface area contributed by atoms with E-state index in [0.717, 1.165) is 34.1 Å². The lowest BCUT2D eigenvalue weighted by atomic mass is 9.97. The van der Waals surface area contributed by atoms with Gasteiger partial charge in [0.05, 0.1) is 17.7 Å². The summed E-state index contributed by atoms with van der Waals surface area (Å²) in [6.07, 6.45) is 2.99. The summed E-state index contributed by atoms with van der Waals surface area (Å²) in [7, 11) is 0. The molecule has 3 aromatic carbocycles. The summed E-state index contributed by atoms with van der Waals surface area (Å²) < 4.78 is 6.01. The topological polar surface area (TPSA) is 33.0 Å². The second-order valence-corrected chi connectivity index (χ2v) is 6.07. The molecule has 0 aromatic heterocycles. The summed E-state index contributed by atoms with van der Waals surface area (Å²) in [5.41, 5.74) is 2.50. The third-order valence-electron chi connectivity index (χ3n) is 4.32. The van der Waals surface area contributed by atoms with E-state index >= 15 is 0 Å². The summed E-state index contributed by atoms with van der Waals surface area (Å²) in [6.45, 7) is 4.15. The first kappa shape index (κ1) is 16.8. The molecule has 0 fully saturated rings. The Morgan fingerprint density at radius 3 is 2.56 bits per heavy atom. The number of allylic oxidation sites excluding steroid dienone is 1. The Kier molecular flexibility index (Phi) is 5.16. The maximum absolute atomic E-state index is 9.76. The zero-order valence-electron chi connectivity index (χ0n) is 14.6. The van der Waals surface area contributed by atoms with Crippen LogP contribution in [0.2, 0.25) is 0 Å². The van der Waals surface area contributed by atoms with Crippen LogP contribution in [-0.2, 0) is 0 Å². The van der Waals surface area contributed by atoms with Crippen molar-refractivity contribution < 1.29 is 4.74 Å². The molecule has 0 amide bonds. The first-order chi connectivity index (χ1) is 12.2. The summed E-state index contributed by atoms with van der Waals surface area (Å²) in [5, 5.41) is 12.0. The quantitative estimate of drug-likeness (QED) is 0.420. The molecule has 25 heavy (non-hydrogen) atoms. The number of para-hydroxylation sites is 1. The van der Waals surface area contributed by atoms with Crippen LogP contribution in [0.5, 0.6) is 5.75 Å². The number of hydrogen-bond donors (Lipinski definition) is 0. The standard InChI is InChI=1S/C23H21NO/c1-3-17(2)25-23-14-7-5-10-19(23)15-20(16-24)22-13-8-11-18-9-4-6-12-21(18)22/h4-15,17H,3H2,1-2H3/b20-15-/t17-/m0/s1. The fraction of sp³-hybridized carbons (Fsp3) is 0.174. The highest BCUT2D eigenvalue weighted by Gasteiger charge is 2.09. The van der Waals surface area contributed by atoms with E-state index in [2.05, 4.69) is 38.1 Å². The minimum atomic E-state index is 0.137. The molecule has 0 saturated heterocycles. The van der Waals surface area contributed by atoms with Gasteiger partial charge >= 0.3 is 0 Å². The second-order valence-electron chi connectivity index (χ2n) is 6.07. The molecule has 0 aliphatic heterocycles. The van der Waals surface area contributed by atoms with Crippen LogP contribution in [0, 0.1) is 11.3 Å². The van der Waals surface area contributed by atoms with E-state index in [-0.39, 0.29) is 6.10 Å². The highest BCUT2D eigenvalue weighted by Crippen LogP contribution is 2.29. The molecule has 3 rings (SSSR count). The van der Waals surface area contributed by atoms with Crippen molar-refractivity contribution in [2.24, 2.45) is 0 Å². The van der Waals surface area contributed by atoms with E-state index in [1.807, 2.05) is 54.6 Å². The van der Waals surface area contributed by atoms with Gasteiger partial charge in [-0.2, -0.15) is 5.26 Å². The van der Waals surface area contributed by atoms with E-state index in [1.54, 1.807) is 0 Å². The van der Waals surface area contributed by atoms with Crippen molar-refractivity contribution >= 4 is 22.4 Å². The van der Waals surface area contributed by atoms with Gasteiger partial charge in [-0.1, -0.05) is 67.6 Å². The summed E-state index contributed by atoms with van der Waals surface area (Å²) in [4.78, 5) is 0. The largest absolute Gasteiger partial charge is 0.490 e. The molecule has 0 radical (unpaired) electrons. The van der Waals surface area contributed by atoms with Gasteiger partial charge in [0.15, 0.2) is 0 Å². The molecule has 2 heteroatoms. The van der Waals surface area contributed by atoms with Gasteiger partial charge in [0, 0.05) is 11.1 Å². The highest BCUT2D eigenvalue weighted by atomic mass is 16.5. The van der Waals surface area contributed by atoms with Gasteiger partial charge in [-0.15, -0.1) is 0 Å². The molecule has 3 aromatic rings. The third kappa shape index (κ3) is 3.72. The maximum Gasteiger partial charge on any atom is 0.126 e. The molecule has 0 unspecified atom stereocenters. The van der Waals surface area contributed by atoms with Crippen molar-refractivity contribution in [3.63, 3.8) is 0 Å². The molecule has 1 atom stereocenters. The molecular weight excluding hydrogens is 306 g/mol. The van der Waals surface area contributed by atoms with Gasteiger partial charge in [-0.25, -0.2) is 0 Å². The van der Waals surface area contributed by atoms with Crippen LogP contribution in [0.4, 0.5) is 0 Å². The number of hydrogen-bond acceptors (Lipinski definition) is 2. The van der Waals surface area contributed by atoms with Crippen molar-refractivity contribution in [1.29, 1.82) is 5.26 Å². The molecule has 0 aliphatic rings. The average molecular weight is 327 g/mol. The highest BCUT2D eigenvalue weighted by molar-refractivity contribution is 6.02. The SMILES string of the molecule is CC[C@H](C)Oc1ccccc1/C=C(/C#N)c1cccc2ccccc12. The Morgan fingerprint density at radius 2 is 1.76 bits per heavy atom. The van der Waals surface area contributed by atoms with Crippen molar-refractivity contribution in [2.45, 2.75) is 26.4 Å². The van der Waals surface area contributed by atoms with Crippen molar-refractivity contribution in [3.8, 4) is 11.8 Å². The Hall–Kier alpha value is -3.05. The van der Waals surface area contributed by atoms with Crippen LogP contribution in [-0.4, -0.2) is 6.10 Å². The average Bonchev–Trinajstić information content (AvgIpc) is 2.67. The van der Waals surface area contributed by atoms with Crippen LogP contribution in [0.25, 0.3) is 22.4 Å². The fourth-order valence-corrected chi connectivity index (χ4v) is 2.79. The maximum atomic E-state index is 9.76. The van der Waals surface area contributed by atoms with Crippen LogP contribution < -0.4 is 4.74 Å². The van der Waals surface area contributed by atoms with Crippen LogP contribution in [0.1, 0.15) is 31.4 Å². The molecule has 0 N–H and O–H groups in total. The van der Waals surface area contributed by atoms with Crippen molar-refractivity contribution in [2.75, 3.05) is 0 Å². The number of rotatable bonds is 5. The normalized spacial score (nSPS) is 12.6. The number of fused-ring (bicyclic) bond motifs is 1. The molecule has 0 aliphatic carbocycles. The van der Waals surface area contributed by atoms with E-state index in [1.165, 1.54) is 0 Å². The van der Waals surface area contributed by atoms with Gasteiger partial charge in [-0.05, 0) is 36.3 Å². The Morgan fingerprint density at radius 1 is 1.04 bits per heavy atom. The molecule has 0 bridgehead atoms. The number of ether oxygens (including phenoxy) is 1. The summed E-state index contributed by atoms with van der Waals surface area (Å²) in [6, 6.07) is 24.4. The van der Waals surface area contributed by atoms with Gasteiger partial charge in [0.25, 0.3) is 0 Å². The predicted octanol–water partition coefficient (Wildman–Crippen LogP) is 6.08. The lowest BCUT2D eigenvalue weighted by molar-refractivity contribution is 0.217. The molecule has 2 nitrogen and oxygen atoms in total. The minimum Gasteiger partial charge on any atom is -0.490 e. The zero-order valence-corrected chi connectivity index (χ0v) is 14.6. The number of nitriles is 1. The smallest absolute Gasteiger partial charge is 0.126 e. The summed E-state index contributed by atoms with van der Waals surface area (Å²) >= 11 is 0. The van der Waals surface area contributed by atoms with Gasteiger partial charge < -0.3 is 4.74 Å². The molecule has 0 heterocycles. The van der Waals surface area contributed by atoms with Crippen LogP contribution >= 0.6 is 0 Å². The lowest BCUT2D eigenvalue weighted by Crippen LogP contribution is -2.10. The second kappa shape index (κ2) is 7.68. The Balaban J connectivity index is 2.09. The van der Waals surface area contributed by atoms with E-state index < -0.39 is 0 Å². The predicted molar refractivity (Wildman–Crippen MR) is 104 cm³/mol. The number of benzene rings is 3. The van der Waals surface area contributed by atoms with E-state index in [9.17, 15) is 5.26 Å². The zero-order chi connectivity index (χ0) is 17.6. The van der Waals surface area contributed by atoms with Crippen LogP contribution in [0.3, 0.4) is 0 Å². The first-order valence-electron chi connectivity index (χ1n) is 8.58. The lowest BCUT2D eigenvalue weighted by Gasteiger charge is -2.15. The Labute approximate surface area is 149 Å². The third-order valence-corrected chi connectivity index (χ3v) is 4.32. The Bertz CT molecular complexity index is 944. The molecular formula is C23H21NO. The van der Waals surface area contributed by atoms with Gasteiger partial charge in [-0.3, -0.25) is 0 Å². The minimum absolute atomic E-state index is 0.137. The molecule has 0 spiro atoms. The van der Waals surface area contributed by atoms with Gasteiger partial charge in [0.2, 0.25) is 0 Å². The van der Waals surface area contributed by atoms with Gasteiger partial charge in [0.1, 0.15) is 5.75 Å². The van der Waals surface area contributed by atoms with Crippen molar-refractivity contribution in [1.82, 2.24) is 0 Å². The monoisotopic (exact) mass is 327 g/mol. The number of nitrogens with zero attached hydrogens (tertiary/aromatic N) is 1. The first-order valence-corrected chi connectivity index (χ1v) is 8.58. The summed E-state index contributed by atoms with van der Waals surface area (Å²) in [5.74, 6) is 0.810. The van der Waals surface area contributed by atoms with E-state index in [4.69, 9.17) is 4.74 Å². The van der Waals surface area contributed by atoms with Crippen molar-refractivity contribution in [3.05, 3.63) is 77.9 Å². The molecule has 0 saturated carbocycles. The fourth-order valence-electron chi connectivity index (χ4n) is 2.79. The van der Waals surface area contributed by atoms with E-state index in [0.29, 0.717) is 5.57 Å². The van der Waals surface area contributed by atoms with Crippen LogP contribution in [0.15, 0.2) is 66.7 Å². The molecule has 124 valence electrons.